The Kier molecular flexibility index (Phi) is 5.49. The van der Waals surface area contributed by atoms with Gasteiger partial charge in [0, 0.05) is 23.0 Å². The van der Waals surface area contributed by atoms with Gasteiger partial charge in [-0.3, -0.25) is 8.73 Å². The molecule has 2 atom stereocenters. The minimum absolute atomic E-state index is 0.294. The highest BCUT2D eigenvalue weighted by atomic mass is 32.5. The van der Waals surface area contributed by atoms with Gasteiger partial charge < -0.3 is 9.42 Å². The first kappa shape index (κ1) is 15.8. The average Bonchev–Trinajstić information content (AvgIpc) is 2.13. The monoisotopic (exact) mass is 308 g/mol. The zero-order chi connectivity index (χ0) is 13.9. The topological polar surface area (TPSA) is 55.8 Å². The molecular weight excluding hydrogens is 291 g/mol. The van der Waals surface area contributed by atoms with Gasteiger partial charge in [0.1, 0.15) is 5.75 Å². The molecular formula is C11H17O4PS2. The Labute approximate surface area is 115 Å². The summed E-state index contributed by atoms with van der Waals surface area (Å²) in [5, 5.41) is 0. The minimum atomic E-state index is -3.24. The quantitative estimate of drug-likeness (QED) is 0.848. The van der Waals surface area contributed by atoms with E-state index in [1.165, 1.54) is 0 Å². The molecule has 0 amide bonds. The normalized spacial score (nSPS) is 16.1. The van der Waals surface area contributed by atoms with Crippen LogP contribution in [0.15, 0.2) is 17.0 Å². The molecule has 1 rings (SSSR count). The van der Waals surface area contributed by atoms with Gasteiger partial charge in [-0.1, -0.05) is 0 Å². The summed E-state index contributed by atoms with van der Waals surface area (Å²) in [5.74, 6) is 0.443. The maximum Gasteiger partial charge on any atom is 0.377 e. The van der Waals surface area contributed by atoms with Crippen molar-refractivity contribution in [3.63, 3.8) is 0 Å². The van der Waals surface area contributed by atoms with Crippen LogP contribution < -0.4 is 4.52 Å². The highest BCUT2D eigenvalue weighted by Gasteiger charge is 2.17. The molecule has 1 N–H and O–H groups in total. The average molecular weight is 308 g/mol. The van der Waals surface area contributed by atoms with Gasteiger partial charge in [0.25, 0.3) is 0 Å². The third-order valence-corrected chi connectivity index (χ3v) is 5.02. The van der Waals surface area contributed by atoms with Crippen molar-refractivity contribution in [1.82, 2.24) is 0 Å². The highest BCUT2D eigenvalue weighted by Crippen LogP contribution is 2.44. The Morgan fingerprint density at radius 2 is 1.89 bits per heavy atom. The Morgan fingerprint density at radius 1 is 1.39 bits per heavy atom. The Morgan fingerprint density at radius 3 is 2.28 bits per heavy atom. The molecule has 0 saturated heterocycles. The van der Waals surface area contributed by atoms with Crippen LogP contribution in [0.2, 0.25) is 0 Å². The van der Waals surface area contributed by atoms with Crippen LogP contribution >= 0.6 is 6.72 Å². The van der Waals surface area contributed by atoms with Crippen molar-refractivity contribution in [3.8, 4) is 5.75 Å². The lowest BCUT2D eigenvalue weighted by atomic mass is 10.1. The second-order valence-electron chi connectivity index (χ2n) is 3.82. The molecule has 1 aromatic carbocycles. The van der Waals surface area contributed by atoms with Gasteiger partial charge in [0.2, 0.25) is 0 Å². The standard InChI is InChI=1S/C11H17O4PS2/c1-5-14-16(12,17)15-10-6-8(2)11(18(4)13)9(3)7-10/h6-7H,5H2,1-4H3,(H,12,17). The van der Waals surface area contributed by atoms with E-state index in [2.05, 4.69) is 0 Å². The van der Waals surface area contributed by atoms with Crippen LogP contribution in [0.1, 0.15) is 18.1 Å². The smallest absolute Gasteiger partial charge is 0.377 e. The Balaban J connectivity index is 3.08. The second kappa shape index (κ2) is 6.26. The molecule has 0 heterocycles. The molecule has 0 bridgehead atoms. The highest BCUT2D eigenvalue weighted by molar-refractivity contribution is 8.07. The summed E-state index contributed by atoms with van der Waals surface area (Å²) >= 11 is 4.86. The third kappa shape index (κ3) is 4.14. The van der Waals surface area contributed by atoms with Crippen LogP contribution in [-0.4, -0.2) is 22.0 Å². The van der Waals surface area contributed by atoms with Gasteiger partial charge in [0.15, 0.2) is 0 Å². The first-order chi connectivity index (χ1) is 8.26. The zero-order valence-electron chi connectivity index (χ0n) is 10.8. The van der Waals surface area contributed by atoms with Gasteiger partial charge in [-0.05, 0) is 44.0 Å². The second-order valence-corrected chi connectivity index (χ2v) is 7.90. The summed E-state index contributed by atoms with van der Waals surface area (Å²) < 4.78 is 21.9. The fourth-order valence-corrected chi connectivity index (χ4v) is 4.09. The van der Waals surface area contributed by atoms with E-state index < -0.39 is 17.5 Å². The van der Waals surface area contributed by atoms with Gasteiger partial charge in [-0.15, -0.1) is 0 Å². The molecule has 2 unspecified atom stereocenters. The van der Waals surface area contributed by atoms with E-state index in [-0.39, 0.29) is 0 Å². The fraction of sp³-hybridized carbons (Fsp3) is 0.455. The predicted molar refractivity (Wildman–Crippen MR) is 77.0 cm³/mol. The zero-order valence-corrected chi connectivity index (χ0v) is 13.3. The Bertz CT molecular complexity index is 493. The summed E-state index contributed by atoms with van der Waals surface area (Å²) in [5.41, 5.74) is 1.69. The van der Waals surface area contributed by atoms with Crippen molar-refractivity contribution >= 4 is 29.3 Å². The maximum absolute atomic E-state index is 11.6. The van der Waals surface area contributed by atoms with E-state index in [0.717, 1.165) is 16.0 Å². The van der Waals surface area contributed by atoms with Crippen molar-refractivity contribution in [3.05, 3.63) is 23.3 Å². The van der Waals surface area contributed by atoms with Crippen molar-refractivity contribution in [2.45, 2.75) is 25.7 Å². The molecule has 0 aliphatic rings. The van der Waals surface area contributed by atoms with Gasteiger partial charge in [0.05, 0.1) is 17.4 Å². The molecule has 7 heteroatoms. The lowest BCUT2D eigenvalue weighted by Gasteiger charge is -2.17. The molecule has 102 valence electrons. The predicted octanol–water partition coefficient (Wildman–Crippen LogP) is 2.67. The van der Waals surface area contributed by atoms with E-state index in [9.17, 15) is 9.10 Å². The Hall–Kier alpha value is -0.260. The molecule has 0 radical (unpaired) electrons. The summed E-state index contributed by atoms with van der Waals surface area (Å²) in [4.78, 5) is 10.5. The molecule has 18 heavy (non-hydrogen) atoms. The van der Waals surface area contributed by atoms with E-state index in [4.69, 9.17) is 20.9 Å². The van der Waals surface area contributed by atoms with Gasteiger partial charge >= 0.3 is 6.72 Å². The van der Waals surface area contributed by atoms with E-state index in [1.807, 2.05) is 13.8 Å². The van der Waals surface area contributed by atoms with Crippen LogP contribution in [0.5, 0.6) is 5.75 Å². The molecule has 0 saturated carbocycles. The van der Waals surface area contributed by atoms with E-state index in [1.54, 1.807) is 25.3 Å². The summed E-state index contributed by atoms with van der Waals surface area (Å²) in [6.45, 7) is 2.49. The number of aryl methyl sites for hydroxylation is 2. The summed E-state index contributed by atoms with van der Waals surface area (Å²) in [6, 6.07) is 3.42. The van der Waals surface area contributed by atoms with Crippen LogP contribution in [0.4, 0.5) is 0 Å². The van der Waals surface area contributed by atoms with Crippen molar-refractivity contribution in [2.75, 3.05) is 12.9 Å². The lowest BCUT2D eigenvalue weighted by molar-refractivity contribution is 0.271. The summed E-state index contributed by atoms with van der Waals surface area (Å²) in [7, 11) is -1.05. The molecule has 1 aromatic rings. The van der Waals surface area contributed by atoms with E-state index >= 15 is 0 Å². The van der Waals surface area contributed by atoms with E-state index in [0.29, 0.717) is 12.4 Å². The van der Waals surface area contributed by atoms with Crippen LogP contribution in [-0.2, 0) is 27.1 Å². The van der Waals surface area contributed by atoms with Gasteiger partial charge in [-0.25, -0.2) is 0 Å². The SMILES string of the molecule is CCOP(O)(=S)Oc1cc(C)c(S(C)=O)c(C)c1. The summed E-state index contributed by atoms with van der Waals surface area (Å²) in [6.07, 6.45) is 1.63. The van der Waals surface area contributed by atoms with Crippen LogP contribution in [0.25, 0.3) is 0 Å². The first-order valence-electron chi connectivity index (χ1n) is 5.38. The number of benzene rings is 1. The van der Waals surface area contributed by atoms with Crippen LogP contribution in [0.3, 0.4) is 0 Å². The number of rotatable bonds is 5. The molecule has 0 aliphatic heterocycles. The lowest BCUT2D eigenvalue weighted by Crippen LogP contribution is -2.00. The van der Waals surface area contributed by atoms with Gasteiger partial charge in [-0.2, -0.15) is 0 Å². The number of hydrogen-bond acceptors (Lipinski definition) is 4. The molecule has 0 aromatic heterocycles. The molecule has 0 spiro atoms. The minimum Gasteiger partial charge on any atom is -0.424 e. The molecule has 0 fully saturated rings. The maximum atomic E-state index is 11.6. The number of hydrogen-bond donors (Lipinski definition) is 1. The fourth-order valence-electron chi connectivity index (χ4n) is 1.74. The van der Waals surface area contributed by atoms with Crippen LogP contribution in [0, 0.1) is 13.8 Å². The van der Waals surface area contributed by atoms with Crippen molar-refractivity contribution in [1.29, 1.82) is 0 Å². The van der Waals surface area contributed by atoms with Crippen molar-refractivity contribution in [2.24, 2.45) is 0 Å². The largest absolute Gasteiger partial charge is 0.424 e. The molecule has 0 aliphatic carbocycles. The molecule has 4 nitrogen and oxygen atoms in total. The van der Waals surface area contributed by atoms with Crippen molar-refractivity contribution < 1.29 is 18.1 Å². The first-order valence-corrected chi connectivity index (χ1v) is 9.53. The third-order valence-electron chi connectivity index (χ3n) is 2.23.